The van der Waals surface area contributed by atoms with E-state index in [-0.39, 0.29) is 16.8 Å². The van der Waals surface area contributed by atoms with Gasteiger partial charge < -0.3 is 10.1 Å². The van der Waals surface area contributed by atoms with Crippen LogP contribution in [0.4, 0.5) is 0 Å². The van der Waals surface area contributed by atoms with Gasteiger partial charge in [0.25, 0.3) is 5.91 Å². The maximum Gasteiger partial charge on any atom is 0.251 e. The van der Waals surface area contributed by atoms with Crippen LogP contribution >= 0.6 is 0 Å². The number of rotatable bonds is 7. The number of carbonyl (C=O) groups is 1. The first-order chi connectivity index (χ1) is 11.5. The van der Waals surface area contributed by atoms with Crippen molar-refractivity contribution in [2.75, 3.05) is 19.8 Å². The largest absolute Gasteiger partial charge is 0.381 e. The van der Waals surface area contributed by atoms with Crippen LogP contribution in [0, 0.1) is 5.92 Å². The van der Waals surface area contributed by atoms with Crippen LogP contribution < -0.4 is 10.0 Å². The molecule has 3 rings (SSSR count). The summed E-state index contributed by atoms with van der Waals surface area (Å²) in [5.41, 5.74) is 0.486. The van der Waals surface area contributed by atoms with Crippen molar-refractivity contribution in [2.45, 2.75) is 43.0 Å². The summed E-state index contributed by atoms with van der Waals surface area (Å²) in [4.78, 5) is 12.1. The normalized spacial score (nSPS) is 21.4. The van der Waals surface area contributed by atoms with Gasteiger partial charge in [0.05, 0.1) is 4.90 Å². The van der Waals surface area contributed by atoms with E-state index in [1.807, 2.05) is 0 Å². The number of nitrogens with one attached hydrogen (secondary N) is 2. The van der Waals surface area contributed by atoms with E-state index in [1.165, 1.54) is 12.1 Å². The van der Waals surface area contributed by atoms with E-state index in [0.29, 0.717) is 24.6 Å². The quantitative estimate of drug-likeness (QED) is 0.782. The Morgan fingerprint density at radius 3 is 2.54 bits per heavy atom. The fourth-order valence-electron chi connectivity index (χ4n) is 2.80. The summed E-state index contributed by atoms with van der Waals surface area (Å²) in [6.07, 6.45) is 4.96. The van der Waals surface area contributed by atoms with Gasteiger partial charge >= 0.3 is 0 Å². The molecule has 0 bridgehead atoms. The van der Waals surface area contributed by atoms with Gasteiger partial charge in [-0.15, -0.1) is 0 Å². The van der Waals surface area contributed by atoms with Crippen LogP contribution in [0.1, 0.15) is 42.5 Å². The van der Waals surface area contributed by atoms with Crippen LogP contribution in [-0.4, -0.2) is 40.1 Å². The van der Waals surface area contributed by atoms with Crippen LogP contribution in [0.15, 0.2) is 29.2 Å². The molecule has 1 aliphatic heterocycles. The zero-order valence-electron chi connectivity index (χ0n) is 13.7. The third kappa shape index (κ3) is 4.78. The summed E-state index contributed by atoms with van der Waals surface area (Å²) in [6.45, 7) is 1.93. The molecule has 0 unspecified atom stereocenters. The molecule has 0 aromatic heterocycles. The molecule has 1 aromatic carbocycles. The predicted molar refractivity (Wildman–Crippen MR) is 90.3 cm³/mol. The minimum absolute atomic E-state index is 0.147. The molecule has 1 heterocycles. The first-order valence-electron chi connectivity index (χ1n) is 8.53. The first-order valence-corrected chi connectivity index (χ1v) is 10.0. The van der Waals surface area contributed by atoms with Gasteiger partial charge in [0.1, 0.15) is 0 Å². The average Bonchev–Trinajstić information content (AvgIpc) is 3.40. The summed E-state index contributed by atoms with van der Waals surface area (Å²) in [7, 11) is -3.54. The van der Waals surface area contributed by atoms with Crippen molar-refractivity contribution in [2.24, 2.45) is 5.92 Å². The van der Waals surface area contributed by atoms with Gasteiger partial charge in [0.15, 0.2) is 0 Å². The minimum atomic E-state index is -3.54. The number of hydrogen-bond donors (Lipinski definition) is 2. The average molecular weight is 352 g/mol. The van der Waals surface area contributed by atoms with E-state index in [1.54, 1.807) is 12.1 Å². The predicted octanol–water partition coefficient (Wildman–Crippen LogP) is 1.67. The number of carbonyl (C=O) groups excluding carboxylic acids is 1. The fourth-order valence-corrected chi connectivity index (χ4v) is 3.85. The zero-order chi connectivity index (χ0) is 17.0. The maximum absolute atomic E-state index is 12.3. The van der Waals surface area contributed by atoms with Gasteiger partial charge in [-0.2, -0.15) is 0 Å². The molecular weight excluding hydrogens is 328 g/mol. The molecule has 1 aliphatic carbocycles. The third-order valence-electron chi connectivity index (χ3n) is 4.44. The van der Waals surface area contributed by atoms with Crippen LogP contribution in [0.25, 0.3) is 0 Å². The Morgan fingerprint density at radius 1 is 1.17 bits per heavy atom. The number of amides is 1. The van der Waals surface area contributed by atoms with Crippen molar-refractivity contribution in [1.29, 1.82) is 0 Å². The smallest absolute Gasteiger partial charge is 0.251 e. The third-order valence-corrected chi connectivity index (χ3v) is 5.92. The standard InChI is InChI=1S/C17H24N2O4S/c20-17(19-15-5-6-15)14-3-7-16(8-4-14)24(21,22)18-10-9-13-2-1-11-23-12-13/h3-4,7-8,13,15,18H,1-2,5-6,9-12H2,(H,19,20)/t13-/m1/s1. The van der Waals surface area contributed by atoms with E-state index >= 15 is 0 Å². The van der Waals surface area contributed by atoms with Gasteiger partial charge in [-0.25, -0.2) is 13.1 Å². The van der Waals surface area contributed by atoms with Crippen molar-refractivity contribution in [3.63, 3.8) is 0 Å². The first kappa shape index (κ1) is 17.4. The monoisotopic (exact) mass is 352 g/mol. The van der Waals surface area contributed by atoms with Crippen molar-refractivity contribution in [3.05, 3.63) is 29.8 Å². The summed E-state index contributed by atoms with van der Waals surface area (Å²) in [5.74, 6) is 0.279. The lowest BCUT2D eigenvalue weighted by Gasteiger charge is -2.21. The second-order valence-corrected chi connectivity index (χ2v) is 8.31. The Bertz CT molecular complexity index is 662. The van der Waals surface area contributed by atoms with E-state index in [9.17, 15) is 13.2 Å². The van der Waals surface area contributed by atoms with Gasteiger partial charge in [-0.3, -0.25) is 4.79 Å². The molecule has 1 amide bonds. The highest BCUT2D eigenvalue weighted by atomic mass is 32.2. The highest BCUT2D eigenvalue weighted by molar-refractivity contribution is 7.89. The van der Waals surface area contributed by atoms with Crippen molar-refractivity contribution in [3.8, 4) is 0 Å². The Morgan fingerprint density at radius 2 is 1.92 bits per heavy atom. The molecule has 24 heavy (non-hydrogen) atoms. The molecule has 1 saturated carbocycles. The summed E-state index contributed by atoms with van der Waals surface area (Å²) < 4.78 is 32.6. The van der Waals surface area contributed by atoms with Crippen molar-refractivity contribution < 1.29 is 17.9 Å². The molecular formula is C17H24N2O4S. The molecule has 2 fully saturated rings. The molecule has 132 valence electrons. The van der Waals surface area contributed by atoms with Crippen LogP contribution in [-0.2, 0) is 14.8 Å². The lowest BCUT2D eigenvalue weighted by Crippen LogP contribution is -2.28. The molecule has 1 aromatic rings. The zero-order valence-corrected chi connectivity index (χ0v) is 14.5. The molecule has 0 spiro atoms. The Kier molecular flexibility index (Phi) is 5.53. The summed E-state index contributed by atoms with van der Waals surface area (Å²) >= 11 is 0. The molecule has 2 N–H and O–H groups in total. The number of benzene rings is 1. The lowest BCUT2D eigenvalue weighted by atomic mass is 9.99. The molecule has 2 aliphatic rings. The lowest BCUT2D eigenvalue weighted by molar-refractivity contribution is 0.0523. The fraction of sp³-hybridized carbons (Fsp3) is 0.588. The van der Waals surface area contributed by atoms with Crippen LogP contribution in [0.2, 0.25) is 0 Å². The Labute approximate surface area is 143 Å². The van der Waals surface area contributed by atoms with Crippen LogP contribution in [0.5, 0.6) is 0 Å². The topological polar surface area (TPSA) is 84.5 Å². The molecule has 7 heteroatoms. The second-order valence-electron chi connectivity index (χ2n) is 6.54. The molecule has 6 nitrogen and oxygen atoms in total. The van der Waals surface area contributed by atoms with Crippen LogP contribution in [0.3, 0.4) is 0 Å². The SMILES string of the molecule is O=C(NC1CC1)c1ccc(S(=O)(=O)NCC[C@H]2CCCOC2)cc1. The molecule has 1 saturated heterocycles. The van der Waals surface area contributed by atoms with Gasteiger partial charge in [-0.05, 0) is 62.3 Å². The Hall–Kier alpha value is -1.44. The summed E-state index contributed by atoms with van der Waals surface area (Å²) in [6, 6.07) is 6.36. The highest BCUT2D eigenvalue weighted by Crippen LogP contribution is 2.20. The number of hydrogen-bond acceptors (Lipinski definition) is 4. The minimum Gasteiger partial charge on any atom is -0.381 e. The maximum atomic E-state index is 12.3. The summed E-state index contributed by atoms with van der Waals surface area (Å²) in [5, 5.41) is 2.88. The molecule has 0 radical (unpaired) electrons. The Balaban J connectivity index is 1.52. The van der Waals surface area contributed by atoms with Gasteiger partial charge in [0.2, 0.25) is 10.0 Å². The van der Waals surface area contributed by atoms with E-state index in [2.05, 4.69) is 10.0 Å². The van der Waals surface area contributed by atoms with Crippen molar-refractivity contribution in [1.82, 2.24) is 10.0 Å². The van der Waals surface area contributed by atoms with E-state index < -0.39 is 10.0 Å². The van der Waals surface area contributed by atoms with Gasteiger partial charge in [0, 0.05) is 31.4 Å². The molecule has 1 atom stereocenters. The highest BCUT2D eigenvalue weighted by Gasteiger charge is 2.24. The van der Waals surface area contributed by atoms with Crippen molar-refractivity contribution >= 4 is 15.9 Å². The van der Waals surface area contributed by atoms with E-state index in [4.69, 9.17) is 4.74 Å². The number of sulfonamides is 1. The van der Waals surface area contributed by atoms with Gasteiger partial charge in [-0.1, -0.05) is 0 Å². The number of ether oxygens (including phenoxy) is 1. The van der Waals surface area contributed by atoms with E-state index in [0.717, 1.165) is 38.7 Å². The second kappa shape index (κ2) is 7.63.